The lowest BCUT2D eigenvalue weighted by Gasteiger charge is -2.12. The van der Waals surface area contributed by atoms with E-state index in [9.17, 15) is 4.79 Å². The Morgan fingerprint density at radius 3 is 2.52 bits per heavy atom. The van der Waals surface area contributed by atoms with E-state index in [4.69, 9.17) is 0 Å². The van der Waals surface area contributed by atoms with Crippen LogP contribution in [-0.4, -0.2) is 28.4 Å². The Morgan fingerprint density at radius 2 is 1.78 bits per heavy atom. The summed E-state index contributed by atoms with van der Waals surface area (Å²) in [6, 6.07) is 20.3. The predicted molar refractivity (Wildman–Crippen MR) is 112 cm³/mol. The van der Waals surface area contributed by atoms with Crippen LogP contribution in [0, 0.1) is 0 Å². The highest BCUT2D eigenvalue weighted by Gasteiger charge is 2.10. The van der Waals surface area contributed by atoms with Crippen molar-refractivity contribution < 1.29 is 4.79 Å². The van der Waals surface area contributed by atoms with Gasteiger partial charge in [0.25, 0.3) is 0 Å². The molecule has 0 aliphatic carbocycles. The smallest absolute Gasteiger partial charge is 0.230 e. The first kappa shape index (κ1) is 19.4. The molecular weight excluding hydrogens is 376 g/mol. The molecule has 7 heteroatoms. The standard InChI is InChI=1S/C20H22N4OS2/c1-15(17-10-6-3-7-11-17)12-21-18(25)14-26-20-24-23-19(27-20)22-13-16-8-4-2-5-9-16/h2-11,15H,12-14H2,1H3,(H,21,25)(H,22,23)/t15-/m1/s1. The Hall–Kier alpha value is -2.38. The second-order valence-electron chi connectivity index (χ2n) is 6.12. The van der Waals surface area contributed by atoms with Crippen molar-refractivity contribution in [2.45, 2.75) is 23.7 Å². The predicted octanol–water partition coefficient (Wildman–Crippen LogP) is 4.16. The minimum atomic E-state index is 0.0109. The maximum Gasteiger partial charge on any atom is 0.230 e. The quantitative estimate of drug-likeness (QED) is 0.530. The summed E-state index contributed by atoms with van der Waals surface area (Å²) in [7, 11) is 0. The molecule has 1 heterocycles. The number of nitrogens with zero attached hydrogens (tertiary/aromatic N) is 2. The Kier molecular flexibility index (Phi) is 7.24. The molecule has 0 bridgehead atoms. The number of carbonyl (C=O) groups excluding carboxylic acids is 1. The lowest BCUT2D eigenvalue weighted by molar-refractivity contribution is -0.118. The third kappa shape index (κ3) is 6.37. The Bertz CT molecular complexity index is 839. The average Bonchev–Trinajstić information content (AvgIpc) is 3.18. The fraction of sp³-hybridized carbons (Fsp3) is 0.250. The lowest BCUT2D eigenvalue weighted by Crippen LogP contribution is -2.28. The second kappa shape index (κ2) is 10.1. The molecule has 0 unspecified atom stereocenters. The van der Waals surface area contributed by atoms with E-state index >= 15 is 0 Å². The van der Waals surface area contributed by atoms with Crippen LogP contribution < -0.4 is 10.6 Å². The van der Waals surface area contributed by atoms with Gasteiger partial charge >= 0.3 is 0 Å². The molecule has 1 amide bonds. The van der Waals surface area contributed by atoms with Crippen molar-refractivity contribution in [3.8, 4) is 0 Å². The zero-order chi connectivity index (χ0) is 18.9. The zero-order valence-corrected chi connectivity index (χ0v) is 16.7. The van der Waals surface area contributed by atoms with Crippen LogP contribution in [0.2, 0.25) is 0 Å². The number of anilines is 1. The van der Waals surface area contributed by atoms with E-state index in [1.54, 1.807) is 0 Å². The molecular formula is C20H22N4OS2. The molecule has 5 nitrogen and oxygen atoms in total. The highest BCUT2D eigenvalue weighted by molar-refractivity contribution is 8.01. The van der Waals surface area contributed by atoms with Gasteiger partial charge in [0.15, 0.2) is 4.34 Å². The van der Waals surface area contributed by atoms with Gasteiger partial charge in [-0.2, -0.15) is 0 Å². The summed E-state index contributed by atoms with van der Waals surface area (Å²) in [4.78, 5) is 12.1. The first-order valence-corrected chi connectivity index (χ1v) is 10.6. The van der Waals surface area contributed by atoms with Gasteiger partial charge in [-0.3, -0.25) is 4.79 Å². The van der Waals surface area contributed by atoms with Crippen LogP contribution in [0.1, 0.15) is 24.0 Å². The van der Waals surface area contributed by atoms with E-state index in [2.05, 4.69) is 52.0 Å². The van der Waals surface area contributed by atoms with Crippen molar-refractivity contribution in [1.29, 1.82) is 0 Å². The van der Waals surface area contributed by atoms with Crippen LogP contribution in [0.15, 0.2) is 65.0 Å². The highest BCUT2D eigenvalue weighted by atomic mass is 32.2. The number of hydrogen-bond acceptors (Lipinski definition) is 6. The number of carbonyl (C=O) groups is 1. The van der Waals surface area contributed by atoms with Crippen molar-refractivity contribution in [3.05, 3.63) is 71.8 Å². The van der Waals surface area contributed by atoms with Crippen molar-refractivity contribution in [1.82, 2.24) is 15.5 Å². The summed E-state index contributed by atoms with van der Waals surface area (Å²) in [6.45, 7) is 3.44. The topological polar surface area (TPSA) is 66.9 Å². The molecule has 140 valence electrons. The summed E-state index contributed by atoms with van der Waals surface area (Å²) in [5, 5.41) is 15.3. The van der Waals surface area contributed by atoms with Gasteiger partial charge in [-0.15, -0.1) is 10.2 Å². The van der Waals surface area contributed by atoms with E-state index in [0.717, 1.165) is 9.47 Å². The van der Waals surface area contributed by atoms with E-state index in [-0.39, 0.29) is 11.8 Å². The van der Waals surface area contributed by atoms with Crippen LogP contribution in [0.3, 0.4) is 0 Å². The lowest BCUT2D eigenvalue weighted by atomic mass is 10.0. The maximum absolute atomic E-state index is 12.1. The molecule has 0 aliphatic heterocycles. The van der Waals surface area contributed by atoms with Gasteiger partial charge in [-0.05, 0) is 17.0 Å². The van der Waals surface area contributed by atoms with Crippen LogP contribution in [0.5, 0.6) is 0 Å². The van der Waals surface area contributed by atoms with Crippen molar-refractivity contribution >= 4 is 34.1 Å². The molecule has 1 atom stereocenters. The van der Waals surface area contributed by atoms with Crippen LogP contribution >= 0.6 is 23.1 Å². The van der Waals surface area contributed by atoms with Gasteiger partial charge in [0.05, 0.1) is 5.75 Å². The van der Waals surface area contributed by atoms with Gasteiger partial charge < -0.3 is 10.6 Å². The number of nitrogens with one attached hydrogen (secondary N) is 2. The average molecular weight is 399 g/mol. The summed E-state index contributed by atoms with van der Waals surface area (Å²) >= 11 is 2.88. The molecule has 3 aromatic rings. The summed E-state index contributed by atoms with van der Waals surface area (Å²) < 4.78 is 0.789. The summed E-state index contributed by atoms with van der Waals surface area (Å²) in [6.07, 6.45) is 0. The van der Waals surface area contributed by atoms with Crippen LogP contribution in [0.4, 0.5) is 5.13 Å². The fourth-order valence-corrected chi connectivity index (χ4v) is 4.04. The molecule has 1 aromatic heterocycles. The zero-order valence-electron chi connectivity index (χ0n) is 15.1. The molecule has 0 saturated carbocycles. The molecule has 0 fully saturated rings. The molecule has 0 aliphatic rings. The van der Waals surface area contributed by atoms with Gasteiger partial charge in [0.2, 0.25) is 11.0 Å². The molecule has 27 heavy (non-hydrogen) atoms. The van der Waals surface area contributed by atoms with Gasteiger partial charge in [-0.1, -0.05) is 90.7 Å². The monoisotopic (exact) mass is 398 g/mol. The summed E-state index contributed by atoms with van der Waals surface area (Å²) in [5.74, 6) is 0.640. The van der Waals surface area contributed by atoms with Crippen molar-refractivity contribution in [2.75, 3.05) is 17.6 Å². The molecule has 0 spiro atoms. The Balaban J connectivity index is 1.38. The number of aromatic nitrogens is 2. The van der Waals surface area contributed by atoms with Gasteiger partial charge in [0.1, 0.15) is 0 Å². The molecule has 0 radical (unpaired) electrons. The SMILES string of the molecule is C[C@H](CNC(=O)CSc1nnc(NCc2ccccc2)s1)c1ccccc1. The minimum Gasteiger partial charge on any atom is -0.356 e. The number of thioether (sulfide) groups is 1. The molecule has 2 N–H and O–H groups in total. The Labute approximate surface area is 167 Å². The normalized spacial score (nSPS) is 11.7. The number of rotatable bonds is 9. The van der Waals surface area contributed by atoms with Crippen LogP contribution in [-0.2, 0) is 11.3 Å². The van der Waals surface area contributed by atoms with E-state index < -0.39 is 0 Å². The number of hydrogen-bond donors (Lipinski definition) is 2. The minimum absolute atomic E-state index is 0.0109. The molecule has 3 rings (SSSR count). The maximum atomic E-state index is 12.1. The van der Waals surface area contributed by atoms with Gasteiger partial charge in [-0.25, -0.2) is 0 Å². The summed E-state index contributed by atoms with van der Waals surface area (Å²) in [5.41, 5.74) is 2.41. The molecule has 2 aromatic carbocycles. The first-order chi connectivity index (χ1) is 13.2. The first-order valence-electron chi connectivity index (χ1n) is 8.76. The second-order valence-corrected chi connectivity index (χ2v) is 8.32. The van der Waals surface area contributed by atoms with Gasteiger partial charge in [0, 0.05) is 13.1 Å². The van der Waals surface area contributed by atoms with E-state index in [1.165, 1.54) is 34.2 Å². The number of benzene rings is 2. The van der Waals surface area contributed by atoms with Crippen molar-refractivity contribution in [2.24, 2.45) is 0 Å². The van der Waals surface area contributed by atoms with Crippen molar-refractivity contribution in [3.63, 3.8) is 0 Å². The molecule has 0 saturated heterocycles. The number of amides is 1. The third-order valence-corrected chi connectivity index (χ3v) is 6.01. The highest BCUT2D eigenvalue weighted by Crippen LogP contribution is 2.25. The fourth-order valence-electron chi connectivity index (χ4n) is 2.46. The third-order valence-electron chi connectivity index (χ3n) is 3.99. The Morgan fingerprint density at radius 1 is 1.07 bits per heavy atom. The largest absolute Gasteiger partial charge is 0.356 e. The van der Waals surface area contributed by atoms with E-state index in [1.807, 2.05) is 36.4 Å². The van der Waals surface area contributed by atoms with E-state index in [0.29, 0.717) is 18.8 Å². The van der Waals surface area contributed by atoms with Crippen LogP contribution in [0.25, 0.3) is 0 Å².